The van der Waals surface area contributed by atoms with Crippen molar-refractivity contribution < 1.29 is 38.1 Å². The highest BCUT2D eigenvalue weighted by atomic mass is 16.6. The Hall–Kier alpha value is -5.57. The van der Waals surface area contributed by atoms with Crippen LogP contribution in [0.4, 0.5) is 26.7 Å². The van der Waals surface area contributed by atoms with E-state index in [9.17, 15) is 19.2 Å². The number of hydrogen-bond donors (Lipinski definition) is 3. The summed E-state index contributed by atoms with van der Waals surface area (Å²) in [5.74, 6) is 1.65. The molecule has 4 amide bonds. The molecule has 4 aliphatic heterocycles. The Morgan fingerprint density at radius 2 is 1.07 bits per heavy atom. The van der Waals surface area contributed by atoms with Crippen LogP contribution in [0.15, 0.2) is 73.1 Å². The van der Waals surface area contributed by atoms with Crippen LogP contribution in [-0.4, -0.2) is 115 Å². The summed E-state index contributed by atoms with van der Waals surface area (Å²) in [4.78, 5) is 58.5. The number of pyridine rings is 1. The Balaban J connectivity index is 0.000000205. The fourth-order valence-electron chi connectivity index (χ4n) is 6.94. The van der Waals surface area contributed by atoms with Crippen molar-refractivity contribution in [2.75, 3.05) is 67.9 Å². The van der Waals surface area contributed by atoms with Crippen LogP contribution in [0, 0.1) is 11.8 Å². The Morgan fingerprint density at radius 1 is 0.633 bits per heavy atom. The zero-order valence-electron chi connectivity index (χ0n) is 35.8. The lowest BCUT2D eigenvalue weighted by molar-refractivity contribution is -0.121. The number of piperidine rings is 2. The number of hydrogen-bond acceptors (Lipinski definition) is 11. The van der Waals surface area contributed by atoms with Gasteiger partial charge in [0.25, 0.3) is 0 Å². The molecule has 2 aromatic carbocycles. The van der Waals surface area contributed by atoms with Crippen LogP contribution >= 0.6 is 0 Å². The Kier molecular flexibility index (Phi) is 14.4. The van der Waals surface area contributed by atoms with Gasteiger partial charge in [-0.3, -0.25) is 14.6 Å². The standard InChI is InChI=1S/C25H32N4O4.C20H29N3O4/c1-25(2,3)33-24(31)28-13-10-22(11-14-28)32-21-8-6-19(7-9-21)27-23(30)18-16-29(17-18)20-5-4-12-26-15-20;1-20(2,3)27-19(25)23-10-8-17(9-11-23)26-16-6-4-15(5-7-16)22-18(24)14-12-21-13-14/h4-9,12,15,18,22H,10-11,13-14,16-17H2,1-3H3,(H,27,30);4-7,14,17,21H,8-13H2,1-3H3,(H,22,24). The van der Waals surface area contributed by atoms with Crippen molar-refractivity contribution in [2.45, 2.75) is 90.6 Å². The average Bonchev–Trinajstić information content (AvgIpc) is 3.15. The average molecular weight is 828 g/mol. The van der Waals surface area contributed by atoms with Crippen molar-refractivity contribution in [2.24, 2.45) is 11.8 Å². The first-order chi connectivity index (χ1) is 28.6. The number of ether oxygens (including phenoxy) is 4. The zero-order chi connectivity index (χ0) is 42.9. The second-order valence-corrected chi connectivity index (χ2v) is 17.8. The van der Waals surface area contributed by atoms with E-state index < -0.39 is 11.2 Å². The van der Waals surface area contributed by atoms with E-state index in [0.717, 1.165) is 67.3 Å². The molecule has 3 aromatic rings. The van der Waals surface area contributed by atoms with Gasteiger partial charge in [-0.25, -0.2) is 9.59 Å². The summed E-state index contributed by atoms with van der Waals surface area (Å²) in [6.45, 7) is 16.6. The van der Waals surface area contributed by atoms with Crippen molar-refractivity contribution in [3.63, 3.8) is 0 Å². The third-order valence-corrected chi connectivity index (χ3v) is 10.5. The molecule has 324 valence electrons. The van der Waals surface area contributed by atoms with E-state index in [2.05, 4.69) is 25.8 Å². The van der Waals surface area contributed by atoms with Gasteiger partial charge in [0.05, 0.1) is 23.7 Å². The molecule has 0 unspecified atom stereocenters. The number of aromatic nitrogens is 1. The molecule has 1 aromatic heterocycles. The molecule has 3 N–H and O–H groups in total. The molecular weight excluding hydrogens is 767 g/mol. The van der Waals surface area contributed by atoms with E-state index in [0.29, 0.717) is 39.3 Å². The van der Waals surface area contributed by atoms with Crippen molar-refractivity contribution in [3.05, 3.63) is 73.1 Å². The predicted molar refractivity (Wildman–Crippen MR) is 229 cm³/mol. The van der Waals surface area contributed by atoms with Crippen LogP contribution in [0.25, 0.3) is 0 Å². The number of nitrogens with one attached hydrogen (secondary N) is 3. The Bertz CT molecular complexity index is 1870. The molecule has 4 saturated heterocycles. The smallest absolute Gasteiger partial charge is 0.410 e. The van der Waals surface area contributed by atoms with Gasteiger partial charge < -0.3 is 49.6 Å². The molecule has 60 heavy (non-hydrogen) atoms. The third kappa shape index (κ3) is 13.2. The highest BCUT2D eigenvalue weighted by molar-refractivity contribution is 5.94. The molecule has 0 radical (unpaired) electrons. The Labute approximate surface area is 353 Å². The normalized spacial score (nSPS) is 17.9. The quantitative estimate of drug-likeness (QED) is 0.214. The number of carbonyl (C=O) groups is 4. The largest absolute Gasteiger partial charge is 0.490 e. The van der Waals surface area contributed by atoms with E-state index in [1.54, 1.807) is 16.0 Å². The van der Waals surface area contributed by atoms with Gasteiger partial charge >= 0.3 is 12.2 Å². The van der Waals surface area contributed by atoms with E-state index >= 15 is 0 Å². The topological polar surface area (TPSA) is 164 Å². The molecule has 0 atom stereocenters. The van der Waals surface area contributed by atoms with E-state index in [1.165, 1.54) is 0 Å². The number of likely N-dealkylation sites (tertiary alicyclic amines) is 2. The number of nitrogens with zero attached hydrogens (tertiary/aromatic N) is 4. The van der Waals surface area contributed by atoms with Crippen molar-refractivity contribution in [1.29, 1.82) is 0 Å². The van der Waals surface area contributed by atoms with Crippen molar-refractivity contribution in [1.82, 2.24) is 20.1 Å². The lowest BCUT2D eigenvalue weighted by atomic mass is 9.98. The molecule has 4 fully saturated rings. The second kappa shape index (κ2) is 19.7. The molecule has 0 saturated carbocycles. The van der Waals surface area contributed by atoms with Gasteiger partial charge in [-0.15, -0.1) is 0 Å². The number of carbonyl (C=O) groups excluding carboxylic acids is 4. The van der Waals surface area contributed by atoms with Crippen LogP contribution in [0.1, 0.15) is 67.2 Å². The molecule has 15 heteroatoms. The lowest BCUT2D eigenvalue weighted by Crippen LogP contribution is -2.52. The molecule has 0 spiro atoms. The summed E-state index contributed by atoms with van der Waals surface area (Å²) in [5, 5.41) is 9.00. The number of amides is 4. The molecule has 0 aliphatic carbocycles. The van der Waals surface area contributed by atoms with E-state index in [-0.39, 0.29) is 48.0 Å². The first-order valence-corrected chi connectivity index (χ1v) is 21.0. The summed E-state index contributed by atoms with van der Waals surface area (Å²) in [5.41, 5.74) is 1.61. The minimum atomic E-state index is -0.487. The first-order valence-electron chi connectivity index (χ1n) is 21.0. The molecule has 4 aliphatic rings. The number of benzene rings is 2. The van der Waals surface area contributed by atoms with Gasteiger partial charge in [-0.2, -0.15) is 0 Å². The summed E-state index contributed by atoms with van der Waals surface area (Å²) >= 11 is 0. The van der Waals surface area contributed by atoms with Crippen LogP contribution in [0.2, 0.25) is 0 Å². The molecule has 15 nitrogen and oxygen atoms in total. The van der Waals surface area contributed by atoms with Gasteiger partial charge in [0.1, 0.15) is 34.9 Å². The van der Waals surface area contributed by atoms with Crippen molar-refractivity contribution in [3.8, 4) is 11.5 Å². The summed E-state index contributed by atoms with van der Waals surface area (Å²) in [6.07, 6.45) is 6.21. The summed E-state index contributed by atoms with van der Waals surface area (Å²) in [7, 11) is 0. The van der Waals surface area contributed by atoms with E-state index in [1.807, 2.05) is 108 Å². The highest BCUT2D eigenvalue weighted by Gasteiger charge is 2.33. The number of rotatable bonds is 9. The maximum Gasteiger partial charge on any atom is 0.410 e. The fourth-order valence-corrected chi connectivity index (χ4v) is 6.94. The maximum absolute atomic E-state index is 12.5. The number of anilines is 3. The first kappa shape index (κ1) is 44.0. The van der Waals surface area contributed by atoms with Gasteiger partial charge in [-0.05, 0) is 102 Å². The fraction of sp³-hybridized carbons (Fsp3) is 0.533. The molecule has 7 rings (SSSR count). The van der Waals surface area contributed by atoms with Gasteiger partial charge in [0, 0.05) is 95.6 Å². The molecule has 5 heterocycles. The molecule has 0 bridgehead atoms. The minimum Gasteiger partial charge on any atom is -0.490 e. The highest BCUT2D eigenvalue weighted by Crippen LogP contribution is 2.27. The monoisotopic (exact) mass is 827 g/mol. The lowest BCUT2D eigenvalue weighted by Gasteiger charge is -2.39. The van der Waals surface area contributed by atoms with Crippen LogP contribution in [-0.2, 0) is 19.1 Å². The van der Waals surface area contributed by atoms with Crippen LogP contribution in [0.3, 0.4) is 0 Å². The minimum absolute atomic E-state index is 0.0262. The van der Waals surface area contributed by atoms with Crippen molar-refractivity contribution >= 4 is 41.1 Å². The molecular formula is C45H61N7O8. The zero-order valence-corrected chi connectivity index (χ0v) is 35.8. The Morgan fingerprint density at radius 3 is 1.43 bits per heavy atom. The third-order valence-electron chi connectivity index (χ3n) is 10.5. The predicted octanol–water partition coefficient (Wildman–Crippen LogP) is 6.56. The van der Waals surface area contributed by atoms with Crippen LogP contribution in [0.5, 0.6) is 11.5 Å². The van der Waals surface area contributed by atoms with E-state index in [4.69, 9.17) is 18.9 Å². The SMILES string of the molecule is CC(C)(C)OC(=O)N1CCC(Oc2ccc(NC(=O)C3CN(c4cccnc4)C3)cc2)CC1.CC(C)(C)OC(=O)N1CCC(Oc2ccc(NC(=O)C3CNC3)cc2)CC1. The summed E-state index contributed by atoms with van der Waals surface area (Å²) in [6, 6.07) is 18.8. The second-order valence-electron chi connectivity index (χ2n) is 17.8. The van der Waals surface area contributed by atoms with Crippen LogP contribution < -0.4 is 30.3 Å². The maximum atomic E-state index is 12.5. The van der Waals surface area contributed by atoms with Gasteiger partial charge in [0.15, 0.2) is 0 Å². The van der Waals surface area contributed by atoms with Gasteiger partial charge in [0.2, 0.25) is 11.8 Å². The summed E-state index contributed by atoms with van der Waals surface area (Å²) < 4.78 is 23.0. The van der Waals surface area contributed by atoms with Gasteiger partial charge in [-0.1, -0.05) is 0 Å².